The van der Waals surface area contributed by atoms with Crippen LogP contribution in [0.1, 0.15) is 23.2 Å². The molecule has 0 radical (unpaired) electrons. The highest BCUT2D eigenvalue weighted by Gasteiger charge is 2.30. The number of aromatic nitrogens is 1. The maximum absolute atomic E-state index is 13.6. The number of carboxylic acid groups (broad SMARTS) is 1. The second kappa shape index (κ2) is 6.48. The summed E-state index contributed by atoms with van der Waals surface area (Å²) in [6.45, 7) is 1.17. The van der Waals surface area contributed by atoms with Gasteiger partial charge in [0.1, 0.15) is 0 Å². The molecule has 0 bridgehead atoms. The molecular formula is C16H18FN3O4. The highest BCUT2D eigenvalue weighted by Crippen LogP contribution is 2.34. The molecule has 7 nitrogen and oxygen atoms in total. The van der Waals surface area contributed by atoms with E-state index in [-0.39, 0.29) is 28.9 Å². The summed E-state index contributed by atoms with van der Waals surface area (Å²) in [5.41, 5.74) is 6.28. The van der Waals surface area contributed by atoms with Gasteiger partial charge in [-0.3, -0.25) is 0 Å². The average molecular weight is 335 g/mol. The zero-order valence-corrected chi connectivity index (χ0v) is 13.2. The van der Waals surface area contributed by atoms with Crippen molar-refractivity contribution in [3.63, 3.8) is 0 Å². The Balaban J connectivity index is 2.05. The maximum atomic E-state index is 13.6. The number of methoxy groups -OCH3 is 1. The molecule has 8 heteroatoms. The Kier molecular flexibility index (Phi) is 4.39. The van der Waals surface area contributed by atoms with E-state index < -0.39 is 11.8 Å². The van der Waals surface area contributed by atoms with Crippen molar-refractivity contribution in [2.45, 2.75) is 18.9 Å². The highest BCUT2D eigenvalue weighted by molar-refractivity contribution is 5.99. The number of ether oxygens (including phenoxy) is 1. The highest BCUT2D eigenvalue weighted by atomic mass is 19.1. The first-order valence-corrected chi connectivity index (χ1v) is 7.58. The molecule has 128 valence electrons. The van der Waals surface area contributed by atoms with Gasteiger partial charge in [0.25, 0.3) is 0 Å². The summed E-state index contributed by atoms with van der Waals surface area (Å²) >= 11 is 0. The van der Waals surface area contributed by atoms with Crippen molar-refractivity contribution < 1.29 is 23.6 Å². The van der Waals surface area contributed by atoms with Crippen LogP contribution in [0.2, 0.25) is 0 Å². The Labute approximate surface area is 137 Å². The van der Waals surface area contributed by atoms with E-state index in [0.717, 1.165) is 12.8 Å². The summed E-state index contributed by atoms with van der Waals surface area (Å²) in [5, 5.41) is 13.5. The van der Waals surface area contributed by atoms with Crippen LogP contribution >= 0.6 is 0 Å². The molecule has 2 aromatic rings. The van der Waals surface area contributed by atoms with Gasteiger partial charge in [0.2, 0.25) is 0 Å². The minimum Gasteiger partial charge on any atom is -0.494 e. The van der Waals surface area contributed by atoms with Crippen molar-refractivity contribution in [2.24, 2.45) is 5.73 Å². The van der Waals surface area contributed by atoms with Crippen LogP contribution < -0.4 is 15.4 Å². The Morgan fingerprint density at radius 1 is 1.54 bits per heavy atom. The number of aromatic carboxylic acids is 1. The number of piperidine rings is 1. The van der Waals surface area contributed by atoms with Gasteiger partial charge in [-0.05, 0) is 31.0 Å². The molecule has 1 aliphatic heterocycles. The topological polar surface area (TPSA) is 102 Å². The molecule has 0 spiro atoms. The van der Waals surface area contributed by atoms with Crippen LogP contribution in [0.3, 0.4) is 0 Å². The number of carboxylic acids is 1. The Hall–Kier alpha value is -2.61. The number of hydrogen-bond donors (Lipinski definition) is 2. The maximum Gasteiger partial charge on any atom is 0.343 e. The molecule has 1 aliphatic rings. The van der Waals surface area contributed by atoms with Crippen LogP contribution in [0.5, 0.6) is 5.75 Å². The van der Waals surface area contributed by atoms with E-state index in [9.17, 15) is 14.3 Å². The van der Waals surface area contributed by atoms with E-state index in [1.807, 2.05) is 4.90 Å². The molecule has 3 rings (SSSR count). The lowest BCUT2D eigenvalue weighted by Crippen LogP contribution is -2.43. The molecule has 3 N–H and O–H groups in total. The van der Waals surface area contributed by atoms with Crippen molar-refractivity contribution in [2.75, 3.05) is 25.1 Å². The van der Waals surface area contributed by atoms with Gasteiger partial charge >= 0.3 is 5.97 Å². The molecule has 0 saturated carbocycles. The number of rotatable bonds is 4. The van der Waals surface area contributed by atoms with Gasteiger partial charge < -0.3 is 25.0 Å². The van der Waals surface area contributed by atoms with Crippen molar-refractivity contribution >= 4 is 11.8 Å². The van der Waals surface area contributed by atoms with Gasteiger partial charge in [-0.25, -0.2) is 9.18 Å². The van der Waals surface area contributed by atoms with Crippen LogP contribution in [-0.4, -0.2) is 42.5 Å². The molecule has 1 saturated heterocycles. The van der Waals surface area contributed by atoms with Crippen molar-refractivity contribution in [1.29, 1.82) is 0 Å². The summed E-state index contributed by atoms with van der Waals surface area (Å²) in [7, 11) is 1.33. The fourth-order valence-electron chi connectivity index (χ4n) is 2.89. The summed E-state index contributed by atoms with van der Waals surface area (Å²) in [4.78, 5) is 13.6. The fraction of sp³-hybridized carbons (Fsp3) is 0.375. The minimum atomic E-state index is -1.16. The molecular weight excluding hydrogens is 317 g/mol. The van der Waals surface area contributed by atoms with Crippen LogP contribution in [0, 0.1) is 5.82 Å². The quantitative estimate of drug-likeness (QED) is 0.882. The Morgan fingerprint density at radius 3 is 3.00 bits per heavy atom. The van der Waals surface area contributed by atoms with Crippen LogP contribution in [0.25, 0.3) is 11.3 Å². The molecule has 0 aliphatic carbocycles. The number of anilines is 1. The van der Waals surface area contributed by atoms with Gasteiger partial charge in [-0.1, -0.05) is 5.16 Å². The van der Waals surface area contributed by atoms with E-state index in [4.69, 9.17) is 15.0 Å². The predicted octanol–water partition coefficient (Wildman–Crippen LogP) is 2.11. The molecule has 1 atom stereocenters. The molecule has 1 aromatic heterocycles. The van der Waals surface area contributed by atoms with Gasteiger partial charge in [-0.15, -0.1) is 0 Å². The first kappa shape index (κ1) is 16.3. The number of nitrogens with two attached hydrogens (primary N) is 1. The smallest absolute Gasteiger partial charge is 0.343 e. The summed E-state index contributed by atoms with van der Waals surface area (Å²) in [6.07, 6.45) is 1.74. The van der Waals surface area contributed by atoms with E-state index in [0.29, 0.717) is 18.7 Å². The number of nitrogens with zero attached hydrogens (tertiary/aromatic N) is 2. The van der Waals surface area contributed by atoms with Crippen molar-refractivity contribution in [1.82, 2.24) is 5.16 Å². The van der Waals surface area contributed by atoms with Crippen molar-refractivity contribution in [3.8, 4) is 17.1 Å². The zero-order chi connectivity index (χ0) is 17.3. The SMILES string of the molecule is COc1cc(-c2onc(N3CCC[C@H](N)C3)c2C(=O)O)ccc1F. The van der Waals surface area contributed by atoms with Crippen molar-refractivity contribution in [3.05, 3.63) is 29.6 Å². The standard InChI is InChI=1S/C16H18FN3O4/c1-23-12-7-9(4-5-11(12)17)14-13(16(21)22)15(19-24-14)20-6-2-3-10(18)8-20/h4-5,7,10H,2-3,6,8,18H2,1H3,(H,21,22)/t10-/m0/s1. The normalized spacial score (nSPS) is 17.8. The fourth-order valence-corrected chi connectivity index (χ4v) is 2.89. The van der Waals surface area contributed by atoms with Gasteiger partial charge in [0, 0.05) is 24.7 Å². The van der Waals surface area contributed by atoms with Crippen LogP contribution in [0.4, 0.5) is 10.2 Å². The molecule has 0 unspecified atom stereocenters. The monoisotopic (exact) mass is 335 g/mol. The lowest BCUT2D eigenvalue weighted by Gasteiger charge is -2.30. The van der Waals surface area contributed by atoms with E-state index in [2.05, 4.69) is 5.16 Å². The Morgan fingerprint density at radius 2 is 2.33 bits per heavy atom. The minimum absolute atomic E-state index is 0.00165. The van der Waals surface area contributed by atoms with Gasteiger partial charge in [0.05, 0.1) is 7.11 Å². The van der Waals surface area contributed by atoms with Gasteiger partial charge in [-0.2, -0.15) is 0 Å². The lowest BCUT2D eigenvalue weighted by atomic mass is 10.0. The van der Waals surface area contributed by atoms with E-state index in [1.54, 1.807) is 0 Å². The van der Waals surface area contributed by atoms with Crippen LogP contribution in [-0.2, 0) is 0 Å². The average Bonchev–Trinajstić information content (AvgIpc) is 3.00. The first-order chi connectivity index (χ1) is 11.5. The molecule has 1 fully saturated rings. The number of benzene rings is 1. The summed E-state index contributed by atoms with van der Waals surface area (Å²) in [6, 6.07) is 3.97. The number of halogens is 1. The third-order valence-corrected chi connectivity index (χ3v) is 4.06. The second-order valence-corrected chi connectivity index (χ2v) is 5.71. The van der Waals surface area contributed by atoms with E-state index >= 15 is 0 Å². The third-order valence-electron chi connectivity index (χ3n) is 4.06. The molecule has 24 heavy (non-hydrogen) atoms. The van der Waals surface area contributed by atoms with Gasteiger partial charge in [0.15, 0.2) is 28.7 Å². The lowest BCUT2D eigenvalue weighted by molar-refractivity contribution is 0.0697. The zero-order valence-electron chi connectivity index (χ0n) is 13.2. The number of carbonyl (C=O) groups is 1. The van der Waals surface area contributed by atoms with E-state index in [1.165, 1.54) is 25.3 Å². The largest absolute Gasteiger partial charge is 0.494 e. The third kappa shape index (κ3) is 2.92. The second-order valence-electron chi connectivity index (χ2n) is 5.71. The number of hydrogen-bond acceptors (Lipinski definition) is 6. The predicted molar refractivity (Wildman–Crippen MR) is 84.8 cm³/mol. The molecule has 0 amide bonds. The first-order valence-electron chi connectivity index (χ1n) is 7.58. The molecule has 1 aromatic carbocycles. The van der Waals surface area contributed by atoms with Crippen LogP contribution in [0.15, 0.2) is 22.7 Å². The molecule has 2 heterocycles. The summed E-state index contributed by atoms with van der Waals surface area (Å²) in [5.74, 6) is -1.39. The Bertz CT molecular complexity index is 762. The summed E-state index contributed by atoms with van der Waals surface area (Å²) < 4.78 is 23.8.